The topological polar surface area (TPSA) is 41.1 Å². The normalized spacial score (nSPS) is 13.4. The standard InChI is InChI=1S/C21H21BrN4/c1-15-11-20(25-21(24-15)23-13-16-5-3-2-4-6-16)26-10-9-17-7-8-19(22)12-18(17)14-26/h2-8,11-12H,9-10,13-14H2,1H3,(H,23,24,25). The molecule has 2 heterocycles. The maximum Gasteiger partial charge on any atom is 0.225 e. The molecule has 0 amide bonds. The van der Waals surface area contributed by atoms with Crippen LogP contribution < -0.4 is 10.2 Å². The molecule has 5 heteroatoms. The summed E-state index contributed by atoms with van der Waals surface area (Å²) in [4.78, 5) is 11.6. The van der Waals surface area contributed by atoms with Gasteiger partial charge >= 0.3 is 0 Å². The van der Waals surface area contributed by atoms with Crippen molar-refractivity contribution in [2.45, 2.75) is 26.4 Å². The fraction of sp³-hybridized carbons (Fsp3) is 0.238. The van der Waals surface area contributed by atoms with E-state index in [2.05, 4.69) is 67.5 Å². The predicted molar refractivity (Wildman–Crippen MR) is 109 cm³/mol. The Bertz CT molecular complexity index is 911. The fourth-order valence-corrected chi connectivity index (χ4v) is 3.70. The van der Waals surface area contributed by atoms with Gasteiger partial charge in [0.2, 0.25) is 5.95 Å². The maximum absolute atomic E-state index is 4.76. The Labute approximate surface area is 162 Å². The molecule has 0 saturated heterocycles. The van der Waals surface area contributed by atoms with E-state index in [4.69, 9.17) is 4.98 Å². The molecule has 26 heavy (non-hydrogen) atoms. The Morgan fingerprint density at radius 1 is 1.04 bits per heavy atom. The number of hydrogen-bond acceptors (Lipinski definition) is 4. The molecule has 0 bridgehead atoms. The summed E-state index contributed by atoms with van der Waals surface area (Å²) in [5.41, 5.74) is 4.99. The number of fused-ring (bicyclic) bond motifs is 1. The Hall–Kier alpha value is -2.40. The van der Waals surface area contributed by atoms with E-state index < -0.39 is 0 Å². The minimum atomic E-state index is 0.684. The molecule has 0 fully saturated rings. The van der Waals surface area contributed by atoms with Crippen molar-refractivity contribution in [3.8, 4) is 0 Å². The molecule has 0 spiro atoms. The Morgan fingerprint density at radius 3 is 2.73 bits per heavy atom. The van der Waals surface area contributed by atoms with E-state index in [-0.39, 0.29) is 0 Å². The highest BCUT2D eigenvalue weighted by Gasteiger charge is 2.18. The van der Waals surface area contributed by atoms with E-state index in [0.717, 1.165) is 42.0 Å². The van der Waals surface area contributed by atoms with Gasteiger partial charge in [-0.2, -0.15) is 4.98 Å². The summed E-state index contributed by atoms with van der Waals surface area (Å²) in [5.74, 6) is 1.67. The molecule has 0 radical (unpaired) electrons. The minimum absolute atomic E-state index is 0.684. The molecule has 3 aromatic rings. The first-order valence-corrected chi connectivity index (χ1v) is 9.62. The van der Waals surface area contributed by atoms with Gasteiger partial charge in [0.05, 0.1) is 0 Å². The van der Waals surface area contributed by atoms with Gasteiger partial charge in [0, 0.05) is 35.9 Å². The number of anilines is 2. The summed E-state index contributed by atoms with van der Waals surface area (Å²) in [5, 5.41) is 3.35. The second-order valence-corrected chi connectivity index (χ2v) is 7.53. The molecule has 2 aromatic carbocycles. The zero-order valence-electron chi connectivity index (χ0n) is 14.7. The maximum atomic E-state index is 4.76. The van der Waals surface area contributed by atoms with E-state index in [1.165, 1.54) is 16.7 Å². The van der Waals surface area contributed by atoms with Crippen molar-refractivity contribution in [2.24, 2.45) is 0 Å². The van der Waals surface area contributed by atoms with Gasteiger partial charge in [0.15, 0.2) is 0 Å². The molecular formula is C21H21BrN4. The van der Waals surface area contributed by atoms with Crippen LogP contribution in [0.25, 0.3) is 0 Å². The van der Waals surface area contributed by atoms with Crippen molar-refractivity contribution in [3.63, 3.8) is 0 Å². The molecule has 4 nitrogen and oxygen atoms in total. The molecular weight excluding hydrogens is 388 g/mol. The SMILES string of the molecule is Cc1cc(N2CCc3ccc(Br)cc3C2)nc(NCc2ccccc2)n1. The van der Waals surface area contributed by atoms with E-state index in [9.17, 15) is 0 Å². The number of nitrogens with zero attached hydrogens (tertiary/aromatic N) is 3. The van der Waals surface area contributed by atoms with Gasteiger partial charge in [-0.3, -0.25) is 0 Å². The van der Waals surface area contributed by atoms with Crippen molar-refractivity contribution in [1.82, 2.24) is 9.97 Å². The van der Waals surface area contributed by atoms with Crippen molar-refractivity contribution in [2.75, 3.05) is 16.8 Å². The van der Waals surface area contributed by atoms with Crippen LogP contribution in [-0.4, -0.2) is 16.5 Å². The zero-order valence-corrected chi connectivity index (χ0v) is 16.3. The second kappa shape index (κ2) is 7.46. The minimum Gasteiger partial charge on any atom is -0.352 e. The molecule has 1 N–H and O–H groups in total. The van der Waals surface area contributed by atoms with Gasteiger partial charge < -0.3 is 10.2 Å². The molecule has 0 unspecified atom stereocenters. The van der Waals surface area contributed by atoms with Crippen molar-refractivity contribution >= 4 is 27.7 Å². The Morgan fingerprint density at radius 2 is 1.88 bits per heavy atom. The molecule has 1 aromatic heterocycles. The molecule has 1 aliphatic rings. The van der Waals surface area contributed by atoms with Gasteiger partial charge in [0.25, 0.3) is 0 Å². The van der Waals surface area contributed by atoms with Gasteiger partial charge in [-0.25, -0.2) is 4.98 Å². The fourth-order valence-electron chi connectivity index (χ4n) is 3.29. The molecule has 132 valence electrons. The van der Waals surface area contributed by atoms with Gasteiger partial charge in [-0.15, -0.1) is 0 Å². The first kappa shape index (κ1) is 17.0. The van der Waals surface area contributed by atoms with Gasteiger partial charge in [-0.05, 0) is 42.2 Å². The van der Waals surface area contributed by atoms with Crippen molar-refractivity contribution in [1.29, 1.82) is 0 Å². The molecule has 0 saturated carbocycles. The smallest absolute Gasteiger partial charge is 0.225 e. The number of benzene rings is 2. The molecule has 0 aliphatic carbocycles. The summed E-state index contributed by atoms with van der Waals surface area (Å²) >= 11 is 3.58. The second-order valence-electron chi connectivity index (χ2n) is 6.61. The average molecular weight is 409 g/mol. The molecule has 1 aliphatic heterocycles. The van der Waals surface area contributed by atoms with Crippen LogP contribution >= 0.6 is 15.9 Å². The Balaban J connectivity index is 1.53. The largest absolute Gasteiger partial charge is 0.352 e. The zero-order chi connectivity index (χ0) is 17.9. The van der Waals surface area contributed by atoms with Crippen molar-refractivity contribution in [3.05, 3.63) is 81.5 Å². The summed E-state index contributed by atoms with van der Waals surface area (Å²) in [6.07, 6.45) is 1.04. The Kier molecular flexibility index (Phi) is 4.89. The van der Waals surface area contributed by atoms with Gasteiger partial charge in [-0.1, -0.05) is 52.3 Å². The van der Waals surface area contributed by atoms with Crippen molar-refractivity contribution < 1.29 is 0 Å². The number of nitrogens with one attached hydrogen (secondary N) is 1. The highest BCUT2D eigenvalue weighted by Crippen LogP contribution is 2.26. The van der Waals surface area contributed by atoms with Crippen LogP contribution in [0.2, 0.25) is 0 Å². The average Bonchev–Trinajstić information content (AvgIpc) is 2.66. The first-order chi connectivity index (χ1) is 12.7. The van der Waals surface area contributed by atoms with Crippen LogP contribution in [0.4, 0.5) is 11.8 Å². The third-order valence-corrected chi connectivity index (χ3v) is 5.13. The predicted octanol–water partition coefficient (Wildman–Crippen LogP) is 4.72. The summed E-state index contributed by atoms with van der Waals surface area (Å²) in [6, 6.07) is 18.9. The van der Waals surface area contributed by atoms with E-state index in [1.54, 1.807) is 0 Å². The van der Waals surface area contributed by atoms with Crippen LogP contribution in [0.15, 0.2) is 59.1 Å². The van der Waals surface area contributed by atoms with Gasteiger partial charge in [0.1, 0.15) is 5.82 Å². The lowest BCUT2D eigenvalue weighted by Gasteiger charge is -2.30. The van der Waals surface area contributed by atoms with Crippen LogP contribution in [0.1, 0.15) is 22.4 Å². The lowest BCUT2D eigenvalue weighted by molar-refractivity contribution is 0.718. The third kappa shape index (κ3) is 3.88. The summed E-state index contributed by atoms with van der Waals surface area (Å²) in [6.45, 7) is 4.60. The molecule has 4 rings (SSSR count). The van der Waals surface area contributed by atoms with Crippen LogP contribution in [0, 0.1) is 6.92 Å². The lowest BCUT2D eigenvalue weighted by Crippen LogP contribution is -2.31. The number of aromatic nitrogens is 2. The van der Waals surface area contributed by atoms with E-state index >= 15 is 0 Å². The number of rotatable bonds is 4. The third-order valence-electron chi connectivity index (χ3n) is 4.64. The number of halogens is 1. The van der Waals surface area contributed by atoms with Crippen LogP contribution in [-0.2, 0) is 19.5 Å². The molecule has 0 atom stereocenters. The van der Waals surface area contributed by atoms with E-state index in [1.807, 2.05) is 25.1 Å². The first-order valence-electron chi connectivity index (χ1n) is 8.83. The van der Waals surface area contributed by atoms with Crippen LogP contribution in [0.5, 0.6) is 0 Å². The monoisotopic (exact) mass is 408 g/mol. The summed E-state index contributed by atoms with van der Waals surface area (Å²) < 4.78 is 1.13. The quantitative estimate of drug-likeness (QED) is 0.677. The van der Waals surface area contributed by atoms with E-state index in [0.29, 0.717) is 5.95 Å². The highest BCUT2D eigenvalue weighted by atomic mass is 79.9. The number of hydrogen-bond donors (Lipinski definition) is 1. The highest BCUT2D eigenvalue weighted by molar-refractivity contribution is 9.10. The lowest BCUT2D eigenvalue weighted by atomic mass is 10.00. The van der Waals surface area contributed by atoms with Crippen LogP contribution in [0.3, 0.4) is 0 Å². The number of aryl methyl sites for hydroxylation is 1. The summed E-state index contributed by atoms with van der Waals surface area (Å²) in [7, 11) is 0.